The van der Waals surface area contributed by atoms with Crippen LogP contribution < -0.4 is 11.3 Å². The summed E-state index contributed by atoms with van der Waals surface area (Å²) >= 11 is 5.54. The van der Waals surface area contributed by atoms with Crippen LogP contribution in [0.15, 0.2) is 18.2 Å². The third kappa shape index (κ3) is 1.49. The first kappa shape index (κ1) is 8.83. The van der Waals surface area contributed by atoms with E-state index in [1.807, 2.05) is 5.43 Å². The van der Waals surface area contributed by atoms with E-state index >= 15 is 0 Å². The van der Waals surface area contributed by atoms with E-state index in [-0.39, 0.29) is 16.3 Å². The van der Waals surface area contributed by atoms with Crippen LogP contribution in [0.3, 0.4) is 0 Å². The molecule has 0 aromatic heterocycles. The van der Waals surface area contributed by atoms with Crippen LogP contribution in [0.25, 0.3) is 0 Å². The molecule has 0 saturated carbocycles. The van der Waals surface area contributed by atoms with Gasteiger partial charge in [-0.05, 0) is 12.1 Å². The van der Waals surface area contributed by atoms with Crippen LogP contribution in [0.1, 0.15) is 10.4 Å². The number of nitrogens with two attached hydrogens (primary N) is 1. The molecule has 1 aromatic rings. The van der Waals surface area contributed by atoms with Crippen molar-refractivity contribution < 1.29 is 9.90 Å². The van der Waals surface area contributed by atoms with Crippen LogP contribution in [0, 0.1) is 0 Å². The number of halogens is 1. The maximum Gasteiger partial charge on any atom is 0.268 e. The highest BCUT2D eigenvalue weighted by Crippen LogP contribution is 2.26. The number of nitrogens with one attached hydrogen (secondary N) is 1. The fourth-order valence-electron chi connectivity index (χ4n) is 0.776. The normalized spacial score (nSPS) is 9.50. The van der Waals surface area contributed by atoms with Crippen molar-refractivity contribution in [3.8, 4) is 5.75 Å². The van der Waals surface area contributed by atoms with Crippen LogP contribution in [-0.4, -0.2) is 11.0 Å². The highest BCUT2D eigenvalue weighted by molar-refractivity contribution is 6.32. The van der Waals surface area contributed by atoms with Crippen LogP contribution in [0.4, 0.5) is 0 Å². The molecule has 1 amide bonds. The van der Waals surface area contributed by atoms with Crippen LogP contribution >= 0.6 is 11.6 Å². The lowest BCUT2D eigenvalue weighted by Crippen LogP contribution is -2.29. The number of carbonyl (C=O) groups excluding carboxylic acids is 1. The Morgan fingerprint density at radius 3 is 2.83 bits per heavy atom. The lowest BCUT2D eigenvalue weighted by Gasteiger charge is -2.02. The Kier molecular flexibility index (Phi) is 2.52. The molecule has 64 valence electrons. The Morgan fingerprint density at radius 2 is 2.25 bits per heavy atom. The van der Waals surface area contributed by atoms with Gasteiger partial charge in [-0.25, -0.2) is 5.84 Å². The summed E-state index contributed by atoms with van der Waals surface area (Å²) in [6.07, 6.45) is 0. The Hall–Kier alpha value is -1.26. The molecule has 0 atom stereocenters. The van der Waals surface area contributed by atoms with Gasteiger partial charge in [-0.1, -0.05) is 17.7 Å². The number of hydrazine groups is 1. The number of carbonyl (C=O) groups is 1. The van der Waals surface area contributed by atoms with Crippen molar-refractivity contribution in [2.24, 2.45) is 5.84 Å². The monoisotopic (exact) mass is 186 g/mol. The molecular weight excluding hydrogens is 180 g/mol. The molecule has 1 rings (SSSR count). The number of amides is 1. The number of phenolic OH excluding ortho intramolecular Hbond substituents is 1. The minimum absolute atomic E-state index is 0.0602. The lowest BCUT2D eigenvalue weighted by atomic mass is 10.2. The molecule has 5 heteroatoms. The summed E-state index contributed by atoms with van der Waals surface area (Å²) in [7, 11) is 0. The SMILES string of the molecule is NNC(=O)c1cccc(Cl)c1O. The average Bonchev–Trinajstić information content (AvgIpc) is 2.08. The van der Waals surface area contributed by atoms with E-state index in [1.165, 1.54) is 12.1 Å². The maximum atomic E-state index is 10.9. The van der Waals surface area contributed by atoms with Crippen LogP contribution in [-0.2, 0) is 0 Å². The van der Waals surface area contributed by atoms with E-state index in [4.69, 9.17) is 17.4 Å². The molecule has 0 aliphatic rings. The van der Waals surface area contributed by atoms with E-state index in [0.717, 1.165) is 0 Å². The van der Waals surface area contributed by atoms with E-state index in [2.05, 4.69) is 0 Å². The maximum absolute atomic E-state index is 10.9. The second kappa shape index (κ2) is 3.42. The van der Waals surface area contributed by atoms with Crippen molar-refractivity contribution >= 4 is 17.5 Å². The molecule has 4 N–H and O–H groups in total. The molecule has 0 aliphatic heterocycles. The van der Waals surface area contributed by atoms with Gasteiger partial charge in [-0.2, -0.15) is 0 Å². The highest BCUT2D eigenvalue weighted by atomic mass is 35.5. The first-order valence-corrected chi connectivity index (χ1v) is 3.53. The molecule has 0 spiro atoms. The zero-order valence-corrected chi connectivity index (χ0v) is 6.80. The van der Waals surface area contributed by atoms with Crippen molar-refractivity contribution in [3.63, 3.8) is 0 Å². The van der Waals surface area contributed by atoms with E-state index in [9.17, 15) is 9.90 Å². The summed E-state index contributed by atoms with van der Waals surface area (Å²) in [4.78, 5) is 10.9. The smallest absolute Gasteiger partial charge is 0.268 e. The lowest BCUT2D eigenvalue weighted by molar-refractivity contribution is 0.0951. The predicted octanol–water partition coefficient (Wildman–Crippen LogP) is 0.649. The zero-order chi connectivity index (χ0) is 9.14. The number of nitrogen functional groups attached to an aromatic ring is 1. The minimum atomic E-state index is -0.574. The van der Waals surface area contributed by atoms with Gasteiger partial charge >= 0.3 is 0 Å². The molecular formula is C7H7ClN2O2. The van der Waals surface area contributed by atoms with Gasteiger partial charge < -0.3 is 5.11 Å². The summed E-state index contributed by atoms with van der Waals surface area (Å²) < 4.78 is 0. The Bertz CT molecular complexity index is 314. The predicted molar refractivity (Wildman–Crippen MR) is 44.8 cm³/mol. The van der Waals surface area contributed by atoms with Gasteiger partial charge in [0.2, 0.25) is 0 Å². The van der Waals surface area contributed by atoms with E-state index in [0.29, 0.717) is 0 Å². The molecule has 0 heterocycles. The van der Waals surface area contributed by atoms with Gasteiger partial charge in [0.25, 0.3) is 5.91 Å². The Labute approximate surface area is 73.9 Å². The van der Waals surface area contributed by atoms with E-state index < -0.39 is 5.91 Å². The third-order valence-electron chi connectivity index (χ3n) is 1.36. The van der Waals surface area contributed by atoms with Crippen molar-refractivity contribution in [1.82, 2.24) is 5.43 Å². The zero-order valence-electron chi connectivity index (χ0n) is 6.04. The van der Waals surface area contributed by atoms with Crippen molar-refractivity contribution in [3.05, 3.63) is 28.8 Å². The third-order valence-corrected chi connectivity index (χ3v) is 1.67. The number of benzene rings is 1. The van der Waals surface area contributed by atoms with Gasteiger partial charge in [-0.15, -0.1) is 0 Å². The highest BCUT2D eigenvalue weighted by Gasteiger charge is 2.11. The molecule has 0 saturated heterocycles. The van der Waals surface area contributed by atoms with Crippen molar-refractivity contribution in [2.45, 2.75) is 0 Å². The summed E-state index contributed by atoms with van der Waals surface area (Å²) in [6.45, 7) is 0. The number of phenols is 1. The standard InChI is InChI=1S/C7H7ClN2O2/c8-5-3-1-2-4(6(5)11)7(12)10-9/h1-3,11H,9H2,(H,10,12). The molecule has 0 fully saturated rings. The van der Waals surface area contributed by atoms with Crippen molar-refractivity contribution in [2.75, 3.05) is 0 Å². The number of rotatable bonds is 1. The minimum Gasteiger partial charge on any atom is -0.506 e. The van der Waals surface area contributed by atoms with Crippen LogP contribution in [0.5, 0.6) is 5.75 Å². The molecule has 4 nitrogen and oxygen atoms in total. The van der Waals surface area contributed by atoms with Gasteiger partial charge in [-0.3, -0.25) is 10.2 Å². The molecule has 1 aromatic carbocycles. The topological polar surface area (TPSA) is 75.3 Å². The molecule has 0 aliphatic carbocycles. The number of para-hydroxylation sites is 1. The molecule has 0 bridgehead atoms. The first-order chi connectivity index (χ1) is 5.66. The van der Waals surface area contributed by atoms with Gasteiger partial charge in [0.05, 0.1) is 10.6 Å². The fraction of sp³-hybridized carbons (Fsp3) is 0. The van der Waals surface area contributed by atoms with Gasteiger partial charge in [0.1, 0.15) is 5.75 Å². The second-order valence-electron chi connectivity index (χ2n) is 2.11. The Morgan fingerprint density at radius 1 is 1.58 bits per heavy atom. The van der Waals surface area contributed by atoms with Crippen LogP contribution in [0.2, 0.25) is 5.02 Å². The Balaban J connectivity index is 3.16. The molecule has 0 radical (unpaired) electrons. The largest absolute Gasteiger partial charge is 0.506 e. The quantitative estimate of drug-likeness (QED) is 0.343. The number of hydrogen-bond acceptors (Lipinski definition) is 3. The van der Waals surface area contributed by atoms with Gasteiger partial charge in [0.15, 0.2) is 0 Å². The number of hydrogen-bond donors (Lipinski definition) is 3. The first-order valence-electron chi connectivity index (χ1n) is 3.15. The summed E-state index contributed by atoms with van der Waals surface area (Å²) in [6, 6.07) is 4.44. The molecule has 12 heavy (non-hydrogen) atoms. The number of aromatic hydroxyl groups is 1. The average molecular weight is 187 g/mol. The van der Waals surface area contributed by atoms with Crippen molar-refractivity contribution in [1.29, 1.82) is 0 Å². The van der Waals surface area contributed by atoms with E-state index in [1.54, 1.807) is 6.07 Å². The summed E-state index contributed by atoms with van der Waals surface area (Å²) in [5.41, 5.74) is 1.95. The molecule has 0 unspecified atom stereocenters. The summed E-state index contributed by atoms with van der Waals surface area (Å²) in [5, 5.41) is 9.37. The summed E-state index contributed by atoms with van der Waals surface area (Å²) in [5.74, 6) is 4.03. The fourth-order valence-corrected chi connectivity index (χ4v) is 0.951. The second-order valence-corrected chi connectivity index (χ2v) is 2.52. The van der Waals surface area contributed by atoms with Gasteiger partial charge in [0, 0.05) is 0 Å².